The molecule has 8 heteroatoms. The van der Waals surface area contributed by atoms with Crippen LogP contribution >= 0.6 is 23.1 Å². The summed E-state index contributed by atoms with van der Waals surface area (Å²) >= 11 is 3.02. The zero-order valence-corrected chi connectivity index (χ0v) is 19.1. The lowest BCUT2D eigenvalue weighted by Crippen LogP contribution is -2.25. The normalized spacial score (nSPS) is 14.4. The van der Waals surface area contributed by atoms with Crippen molar-refractivity contribution in [3.05, 3.63) is 71.0 Å². The molecule has 0 spiro atoms. The Hall–Kier alpha value is -2.97. The smallest absolute Gasteiger partial charge is 0.283 e. The summed E-state index contributed by atoms with van der Waals surface area (Å²) in [5.74, 6) is 0.974. The van der Waals surface area contributed by atoms with Crippen molar-refractivity contribution in [1.82, 2.24) is 9.97 Å². The number of nitro benzene ring substituents is 1. The number of anilines is 1. The highest BCUT2D eigenvalue weighted by atomic mass is 32.2. The monoisotopic (exact) mass is 462 g/mol. The molecule has 0 bridgehead atoms. The average molecular weight is 463 g/mol. The van der Waals surface area contributed by atoms with Crippen molar-refractivity contribution in [2.24, 2.45) is 0 Å². The number of thiophene rings is 1. The van der Waals surface area contributed by atoms with Gasteiger partial charge in [-0.15, -0.1) is 11.3 Å². The molecule has 162 valence electrons. The number of nitrogens with zero attached hydrogens (tertiary/aromatic N) is 4. The van der Waals surface area contributed by atoms with Gasteiger partial charge < -0.3 is 4.90 Å². The van der Waals surface area contributed by atoms with E-state index in [2.05, 4.69) is 22.0 Å². The molecule has 1 aliphatic heterocycles. The van der Waals surface area contributed by atoms with Crippen LogP contribution in [0.25, 0.3) is 21.3 Å². The Balaban J connectivity index is 1.70. The van der Waals surface area contributed by atoms with E-state index < -0.39 is 0 Å². The molecule has 32 heavy (non-hydrogen) atoms. The first-order valence-electron chi connectivity index (χ1n) is 10.7. The van der Waals surface area contributed by atoms with Crippen molar-refractivity contribution in [3.63, 3.8) is 0 Å². The summed E-state index contributed by atoms with van der Waals surface area (Å²) in [5.41, 5.74) is 2.26. The molecule has 0 radical (unpaired) electrons. The Morgan fingerprint density at radius 1 is 0.938 bits per heavy atom. The maximum Gasteiger partial charge on any atom is 0.283 e. The summed E-state index contributed by atoms with van der Waals surface area (Å²) in [6.45, 7) is 1.98. The van der Waals surface area contributed by atoms with Crippen molar-refractivity contribution in [1.29, 1.82) is 0 Å². The van der Waals surface area contributed by atoms with E-state index in [1.165, 1.54) is 24.6 Å². The van der Waals surface area contributed by atoms with Crippen LogP contribution < -0.4 is 4.90 Å². The van der Waals surface area contributed by atoms with Crippen molar-refractivity contribution < 1.29 is 4.92 Å². The van der Waals surface area contributed by atoms with Crippen LogP contribution in [-0.4, -0.2) is 28.0 Å². The molecule has 5 rings (SSSR count). The Kier molecular flexibility index (Phi) is 6.05. The second-order valence-corrected chi connectivity index (χ2v) is 10.0. The first kappa shape index (κ1) is 20.9. The number of hydrogen-bond donors (Lipinski definition) is 0. The molecule has 0 amide bonds. The van der Waals surface area contributed by atoms with E-state index in [0.29, 0.717) is 4.90 Å². The number of benzene rings is 2. The number of aromatic nitrogens is 2. The summed E-state index contributed by atoms with van der Waals surface area (Å²) in [4.78, 5) is 24.5. The van der Waals surface area contributed by atoms with Gasteiger partial charge in [-0.2, -0.15) is 0 Å². The van der Waals surface area contributed by atoms with E-state index >= 15 is 0 Å². The fraction of sp³-hybridized carbons (Fsp3) is 0.250. The molecule has 1 fully saturated rings. The standard InChI is InChI=1S/C24H22N4O2S2/c29-28(30)18-12-6-7-13-19(18)31-24-20(17-10-4-3-5-11-17)21-22(25-16-26-23(21)32-24)27-14-8-1-2-9-15-27/h3-7,10-13,16H,1-2,8-9,14-15H2. The lowest BCUT2D eigenvalue weighted by atomic mass is 10.1. The van der Waals surface area contributed by atoms with Gasteiger partial charge >= 0.3 is 0 Å². The van der Waals surface area contributed by atoms with E-state index in [1.807, 2.05) is 30.3 Å². The fourth-order valence-electron chi connectivity index (χ4n) is 4.15. The van der Waals surface area contributed by atoms with Gasteiger partial charge in [0.1, 0.15) is 17.0 Å². The summed E-state index contributed by atoms with van der Waals surface area (Å²) in [7, 11) is 0. The van der Waals surface area contributed by atoms with Crippen molar-refractivity contribution in [2.75, 3.05) is 18.0 Å². The Labute approximate surface area is 194 Å². The van der Waals surface area contributed by atoms with Gasteiger partial charge in [-0.1, -0.05) is 67.1 Å². The predicted octanol–water partition coefficient (Wildman–Crippen LogP) is 6.80. The van der Waals surface area contributed by atoms with Crippen LogP contribution in [0, 0.1) is 10.1 Å². The topological polar surface area (TPSA) is 72.2 Å². The van der Waals surface area contributed by atoms with Crippen LogP contribution in [0.4, 0.5) is 11.5 Å². The molecule has 3 heterocycles. The first-order valence-corrected chi connectivity index (χ1v) is 12.3. The summed E-state index contributed by atoms with van der Waals surface area (Å²) in [6.07, 6.45) is 6.47. The third kappa shape index (κ3) is 4.08. The number of para-hydroxylation sites is 1. The quantitative estimate of drug-likeness (QED) is 0.240. The molecule has 1 aliphatic rings. The molecular weight excluding hydrogens is 440 g/mol. The van der Waals surface area contributed by atoms with Crippen molar-refractivity contribution >= 4 is 44.8 Å². The fourth-order valence-corrected chi connectivity index (χ4v) is 6.63. The number of fused-ring (bicyclic) bond motifs is 1. The van der Waals surface area contributed by atoms with Gasteiger partial charge in [-0.25, -0.2) is 9.97 Å². The average Bonchev–Trinajstić information content (AvgIpc) is 2.98. The molecule has 0 saturated carbocycles. The SMILES string of the molecule is O=[N+]([O-])c1ccccc1Sc1sc2ncnc(N3CCCCCC3)c2c1-c1ccccc1. The maximum atomic E-state index is 11.6. The maximum absolute atomic E-state index is 11.6. The molecule has 1 saturated heterocycles. The summed E-state index contributed by atoms with van der Waals surface area (Å²) in [5, 5.41) is 12.6. The Morgan fingerprint density at radius 2 is 1.66 bits per heavy atom. The van der Waals surface area contributed by atoms with Gasteiger partial charge in [-0.3, -0.25) is 10.1 Å². The molecule has 2 aromatic carbocycles. The predicted molar refractivity (Wildman–Crippen MR) is 131 cm³/mol. The van der Waals surface area contributed by atoms with Gasteiger partial charge in [0, 0.05) is 24.7 Å². The Bertz CT molecular complexity index is 1250. The molecule has 2 aromatic heterocycles. The lowest BCUT2D eigenvalue weighted by molar-refractivity contribution is -0.387. The Morgan fingerprint density at radius 3 is 2.41 bits per heavy atom. The minimum Gasteiger partial charge on any atom is -0.356 e. The highest BCUT2D eigenvalue weighted by Crippen LogP contribution is 2.49. The van der Waals surface area contributed by atoms with Crippen LogP contribution in [0.5, 0.6) is 0 Å². The highest BCUT2D eigenvalue weighted by molar-refractivity contribution is 8.01. The minimum absolute atomic E-state index is 0.118. The number of nitro groups is 1. The van der Waals surface area contributed by atoms with Gasteiger partial charge in [0.05, 0.1) is 19.4 Å². The highest BCUT2D eigenvalue weighted by Gasteiger charge is 2.24. The molecule has 0 N–H and O–H groups in total. The van der Waals surface area contributed by atoms with Crippen LogP contribution in [0.2, 0.25) is 0 Å². The van der Waals surface area contributed by atoms with E-state index in [9.17, 15) is 10.1 Å². The second kappa shape index (κ2) is 9.26. The second-order valence-electron chi connectivity index (χ2n) is 7.74. The minimum atomic E-state index is -0.319. The molecule has 0 aliphatic carbocycles. The molecule has 4 aromatic rings. The zero-order valence-electron chi connectivity index (χ0n) is 17.4. The van der Waals surface area contributed by atoms with Gasteiger partial charge in [-0.05, 0) is 24.5 Å². The van der Waals surface area contributed by atoms with Gasteiger partial charge in [0.2, 0.25) is 0 Å². The summed E-state index contributed by atoms with van der Waals surface area (Å²) < 4.78 is 0.997. The zero-order chi connectivity index (χ0) is 21.9. The van der Waals surface area contributed by atoms with Crippen molar-refractivity contribution in [3.8, 4) is 11.1 Å². The molecule has 0 atom stereocenters. The van der Waals surface area contributed by atoms with E-state index in [1.54, 1.807) is 29.8 Å². The summed E-state index contributed by atoms with van der Waals surface area (Å²) in [6, 6.07) is 17.1. The van der Waals surface area contributed by atoms with Crippen LogP contribution in [0.15, 0.2) is 70.0 Å². The first-order chi connectivity index (χ1) is 15.7. The van der Waals surface area contributed by atoms with E-state index in [0.717, 1.165) is 57.3 Å². The molecule has 0 unspecified atom stereocenters. The third-order valence-electron chi connectivity index (χ3n) is 5.67. The largest absolute Gasteiger partial charge is 0.356 e. The molecule has 6 nitrogen and oxygen atoms in total. The van der Waals surface area contributed by atoms with E-state index in [-0.39, 0.29) is 10.6 Å². The van der Waals surface area contributed by atoms with Gasteiger partial charge in [0.25, 0.3) is 5.69 Å². The van der Waals surface area contributed by atoms with Crippen molar-refractivity contribution in [2.45, 2.75) is 34.8 Å². The number of hydrogen-bond acceptors (Lipinski definition) is 7. The third-order valence-corrected chi connectivity index (χ3v) is 8.02. The molecular formula is C24H22N4O2S2. The van der Waals surface area contributed by atoms with Crippen LogP contribution in [0.3, 0.4) is 0 Å². The van der Waals surface area contributed by atoms with Gasteiger partial charge in [0.15, 0.2) is 0 Å². The number of rotatable bonds is 5. The van der Waals surface area contributed by atoms with Crippen LogP contribution in [0.1, 0.15) is 25.7 Å². The van der Waals surface area contributed by atoms with E-state index in [4.69, 9.17) is 4.98 Å². The lowest BCUT2D eigenvalue weighted by Gasteiger charge is -2.22. The van der Waals surface area contributed by atoms with Crippen LogP contribution in [-0.2, 0) is 0 Å².